The third-order valence-corrected chi connectivity index (χ3v) is 6.65. The van der Waals surface area contributed by atoms with E-state index in [1.165, 1.54) is 44.1 Å². The first-order valence-electron chi connectivity index (χ1n) is 9.21. The molecule has 2 heterocycles. The Labute approximate surface area is 140 Å². The third-order valence-electron chi connectivity index (χ3n) is 6.29. The smallest absolute Gasteiger partial charge is 0.0522 e. The van der Waals surface area contributed by atoms with E-state index in [0.717, 1.165) is 30.8 Å². The molecule has 2 nitrogen and oxygen atoms in total. The highest BCUT2D eigenvalue weighted by Crippen LogP contribution is 2.39. The number of rotatable bonds is 4. The summed E-state index contributed by atoms with van der Waals surface area (Å²) in [5, 5.41) is 4.28. The van der Waals surface area contributed by atoms with Crippen LogP contribution in [0, 0.1) is 5.92 Å². The Morgan fingerprint density at radius 2 is 1.86 bits per heavy atom. The highest BCUT2D eigenvalue weighted by atomic mass is 35.5. The molecule has 0 aromatic rings. The van der Waals surface area contributed by atoms with Crippen LogP contribution in [0.15, 0.2) is 23.8 Å². The maximum atomic E-state index is 6.29. The number of halogens is 1. The summed E-state index contributed by atoms with van der Waals surface area (Å²) >= 11 is 6.29. The lowest BCUT2D eigenvalue weighted by molar-refractivity contribution is 0.144. The second-order valence-corrected chi connectivity index (χ2v) is 8.42. The number of nitrogens with one attached hydrogen (secondary N) is 1. The first-order valence-corrected chi connectivity index (χ1v) is 9.64. The number of piperidine rings is 1. The van der Waals surface area contributed by atoms with Gasteiger partial charge < -0.3 is 10.2 Å². The van der Waals surface area contributed by atoms with Crippen molar-refractivity contribution in [2.45, 2.75) is 80.9 Å². The molecule has 2 aliphatic carbocycles. The van der Waals surface area contributed by atoms with Crippen molar-refractivity contribution >= 4 is 11.6 Å². The van der Waals surface area contributed by atoms with E-state index >= 15 is 0 Å². The summed E-state index contributed by atoms with van der Waals surface area (Å²) in [6.45, 7) is 0. The van der Waals surface area contributed by atoms with Crippen molar-refractivity contribution in [3.8, 4) is 0 Å². The van der Waals surface area contributed by atoms with Crippen molar-refractivity contribution < 1.29 is 0 Å². The Kier molecular flexibility index (Phi) is 4.36. The monoisotopic (exact) mass is 320 g/mol. The molecule has 4 unspecified atom stereocenters. The molecule has 2 saturated heterocycles. The van der Waals surface area contributed by atoms with Crippen molar-refractivity contribution in [1.82, 2.24) is 10.2 Å². The van der Waals surface area contributed by atoms with Crippen LogP contribution in [0.25, 0.3) is 0 Å². The number of allylic oxidation sites excluding steroid dienone is 2. The van der Waals surface area contributed by atoms with Gasteiger partial charge in [0.2, 0.25) is 0 Å². The van der Waals surface area contributed by atoms with Crippen molar-refractivity contribution in [1.29, 1.82) is 0 Å². The van der Waals surface area contributed by atoms with E-state index in [1.807, 2.05) is 0 Å². The molecule has 1 saturated carbocycles. The van der Waals surface area contributed by atoms with Gasteiger partial charge in [0, 0.05) is 24.2 Å². The molecule has 1 N–H and O–H groups in total. The van der Waals surface area contributed by atoms with Gasteiger partial charge in [-0.05, 0) is 69.9 Å². The van der Waals surface area contributed by atoms with Gasteiger partial charge in [-0.2, -0.15) is 0 Å². The van der Waals surface area contributed by atoms with E-state index in [0.29, 0.717) is 12.1 Å². The van der Waals surface area contributed by atoms with Crippen molar-refractivity contribution in [2.24, 2.45) is 5.92 Å². The van der Waals surface area contributed by atoms with Gasteiger partial charge in [0.1, 0.15) is 0 Å². The highest BCUT2D eigenvalue weighted by molar-refractivity contribution is 6.21. The van der Waals surface area contributed by atoms with Crippen LogP contribution in [0.1, 0.15) is 51.4 Å². The molecule has 122 valence electrons. The van der Waals surface area contributed by atoms with Gasteiger partial charge in [0.05, 0.1) is 5.38 Å². The van der Waals surface area contributed by atoms with Gasteiger partial charge >= 0.3 is 0 Å². The van der Waals surface area contributed by atoms with Gasteiger partial charge in [-0.15, -0.1) is 11.6 Å². The Hall–Kier alpha value is -0.310. The number of nitrogens with zero attached hydrogens (tertiary/aromatic N) is 1. The predicted molar refractivity (Wildman–Crippen MR) is 93.3 cm³/mol. The molecule has 4 aliphatic rings. The molecular weight excluding hydrogens is 292 g/mol. The molecule has 3 fully saturated rings. The average Bonchev–Trinajstić information content (AvgIpc) is 3.31. The molecule has 4 rings (SSSR count). The van der Waals surface area contributed by atoms with Crippen LogP contribution in [-0.2, 0) is 0 Å². The van der Waals surface area contributed by atoms with E-state index < -0.39 is 0 Å². The zero-order valence-corrected chi connectivity index (χ0v) is 14.4. The number of hydrogen-bond donors (Lipinski definition) is 1. The van der Waals surface area contributed by atoms with Gasteiger partial charge in [-0.25, -0.2) is 0 Å². The van der Waals surface area contributed by atoms with Crippen molar-refractivity contribution in [3.63, 3.8) is 0 Å². The van der Waals surface area contributed by atoms with Gasteiger partial charge in [0.25, 0.3) is 0 Å². The summed E-state index contributed by atoms with van der Waals surface area (Å²) in [5.74, 6) is 0.861. The summed E-state index contributed by atoms with van der Waals surface area (Å²) in [7, 11) is 2.33. The minimum atomic E-state index is 0.216. The van der Waals surface area contributed by atoms with Crippen LogP contribution in [0.4, 0.5) is 0 Å². The summed E-state index contributed by atoms with van der Waals surface area (Å²) in [6.07, 6.45) is 17.4. The Bertz CT molecular complexity index is 454. The van der Waals surface area contributed by atoms with E-state index in [9.17, 15) is 0 Å². The second kappa shape index (κ2) is 6.30. The van der Waals surface area contributed by atoms with E-state index in [-0.39, 0.29) is 5.38 Å². The van der Waals surface area contributed by atoms with Crippen LogP contribution in [0.3, 0.4) is 0 Å². The van der Waals surface area contributed by atoms with Crippen molar-refractivity contribution in [2.75, 3.05) is 7.05 Å². The fraction of sp³-hybridized carbons (Fsp3) is 0.789. The lowest BCUT2D eigenvalue weighted by Gasteiger charge is -2.38. The van der Waals surface area contributed by atoms with Gasteiger partial charge in [0.15, 0.2) is 0 Å². The lowest BCUT2D eigenvalue weighted by Crippen LogP contribution is -2.50. The van der Waals surface area contributed by atoms with Crippen LogP contribution in [-0.4, -0.2) is 41.5 Å². The molecule has 4 atom stereocenters. The number of alkyl halides is 1. The minimum absolute atomic E-state index is 0.216. The summed E-state index contributed by atoms with van der Waals surface area (Å²) in [6, 6.07) is 2.93. The molecule has 0 radical (unpaired) electrons. The molecule has 0 aromatic heterocycles. The van der Waals surface area contributed by atoms with Crippen LogP contribution in [0.5, 0.6) is 0 Å². The largest absolute Gasteiger partial charge is 0.307 e. The molecule has 0 aromatic carbocycles. The molecule has 2 bridgehead atoms. The number of fused-ring (bicyclic) bond motifs is 2. The summed E-state index contributed by atoms with van der Waals surface area (Å²) in [4.78, 5) is 2.63. The maximum Gasteiger partial charge on any atom is 0.0522 e. The van der Waals surface area contributed by atoms with Crippen LogP contribution >= 0.6 is 11.6 Å². The maximum absolute atomic E-state index is 6.29. The van der Waals surface area contributed by atoms with Gasteiger partial charge in [-0.3, -0.25) is 0 Å². The lowest BCUT2D eigenvalue weighted by atomic mass is 9.94. The molecule has 3 heteroatoms. The summed E-state index contributed by atoms with van der Waals surface area (Å²) in [5.41, 5.74) is 1.51. The molecule has 0 amide bonds. The number of hydrogen-bond acceptors (Lipinski definition) is 2. The molecule has 0 spiro atoms. The van der Waals surface area contributed by atoms with Crippen molar-refractivity contribution in [3.05, 3.63) is 23.8 Å². The molecule has 22 heavy (non-hydrogen) atoms. The SMILES string of the molecule is CN1C2CCC1CC(NC(C1=CCCC(Cl)C=C1)C1CC1)C2. The topological polar surface area (TPSA) is 15.3 Å². The summed E-state index contributed by atoms with van der Waals surface area (Å²) < 4.78 is 0. The average molecular weight is 321 g/mol. The molecule has 2 aliphatic heterocycles. The Morgan fingerprint density at radius 1 is 1.14 bits per heavy atom. The zero-order chi connectivity index (χ0) is 15.1. The zero-order valence-electron chi connectivity index (χ0n) is 13.7. The minimum Gasteiger partial charge on any atom is -0.307 e. The first kappa shape index (κ1) is 15.2. The first-order chi connectivity index (χ1) is 10.7. The van der Waals surface area contributed by atoms with Crippen LogP contribution in [0.2, 0.25) is 0 Å². The van der Waals surface area contributed by atoms with E-state index in [4.69, 9.17) is 11.6 Å². The Balaban J connectivity index is 1.45. The van der Waals surface area contributed by atoms with E-state index in [1.54, 1.807) is 0 Å². The van der Waals surface area contributed by atoms with Gasteiger partial charge in [-0.1, -0.05) is 18.2 Å². The fourth-order valence-electron chi connectivity index (χ4n) is 4.76. The highest BCUT2D eigenvalue weighted by Gasteiger charge is 2.41. The Morgan fingerprint density at radius 3 is 2.55 bits per heavy atom. The fourth-order valence-corrected chi connectivity index (χ4v) is 4.95. The van der Waals surface area contributed by atoms with Crippen LogP contribution < -0.4 is 5.32 Å². The quantitative estimate of drug-likeness (QED) is 0.791. The third kappa shape index (κ3) is 3.16. The predicted octanol–water partition coefficient (Wildman–Crippen LogP) is 3.86. The van der Waals surface area contributed by atoms with E-state index in [2.05, 4.69) is 35.5 Å². The normalized spacial score (nSPS) is 40.4. The standard InChI is InChI=1S/C19H29ClN2/c1-22-17-9-10-18(22)12-16(11-17)21-19(14-5-6-14)13-3-2-4-15(20)8-7-13/h3,7-8,14-19,21H,2,4-6,9-12H2,1H3. The molecular formula is C19H29ClN2. The second-order valence-electron chi connectivity index (χ2n) is 7.86.